The number of hydrogen-bond acceptors (Lipinski definition) is 3. The first-order valence-corrected chi connectivity index (χ1v) is 5.93. The van der Waals surface area contributed by atoms with Gasteiger partial charge < -0.3 is 14.8 Å². The standard InChI is InChI=1S/C14H14N2O2/c1-3-10-15-11-8-6-4-5-7-9(8)13(17)14(18)12(11)16(10)2/h4-7,17-18H,3H2,1-2H3. The Labute approximate surface area is 104 Å². The molecule has 0 saturated heterocycles. The molecule has 0 atom stereocenters. The molecule has 0 amide bonds. The topological polar surface area (TPSA) is 58.3 Å². The highest BCUT2D eigenvalue weighted by Gasteiger charge is 2.18. The van der Waals surface area contributed by atoms with Crippen LogP contribution in [0.3, 0.4) is 0 Å². The molecule has 4 heteroatoms. The molecule has 0 unspecified atom stereocenters. The van der Waals surface area contributed by atoms with Gasteiger partial charge in [0.15, 0.2) is 11.5 Å². The van der Waals surface area contributed by atoms with Crippen LogP contribution in [0.5, 0.6) is 11.5 Å². The van der Waals surface area contributed by atoms with Gasteiger partial charge in [0, 0.05) is 24.2 Å². The summed E-state index contributed by atoms with van der Waals surface area (Å²) < 4.78 is 1.83. The fourth-order valence-electron chi connectivity index (χ4n) is 2.46. The van der Waals surface area contributed by atoms with E-state index in [1.807, 2.05) is 36.7 Å². The zero-order chi connectivity index (χ0) is 12.9. The van der Waals surface area contributed by atoms with Crippen LogP contribution in [0.4, 0.5) is 0 Å². The highest BCUT2D eigenvalue weighted by atomic mass is 16.3. The minimum absolute atomic E-state index is 0.0799. The van der Waals surface area contributed by atoms with Gasteiger partial charge in [0.1, 0.15) is 16.9 Å². The third-order valence-corrected chi connectivity index (χ3v) is 3.39. The fraction of sp³-hybridized carbons (Fsp3) is 0.214. The highest BCUT2D eigenvalue weighted by molar-refractivity contribution is 6.10. The molecule has 1 aromatic heterocycles. The Morgan fingerprint density at radius 3 is 2.44 bits per heavy atom. The number of rotatable bonds is 1. The summed E-state index contributed by atoms with van der Waals surface area (Å²) in [4.78, 5) is 4.55. The number of imidazole rings is 1. The van der Waals surface area contributed by atoms with E-state index in [-0.39, 0.29) is 11.5 Å². The minimum Gasteiger partial charge on any atom is -0.504 e. The maximum Gasteiger partial charge on any atom is 0.184 e. The van der Waals surface area contributed by atoms with Crippen molar-refractivity contribution in [3.05, 3.63) is 30.1 Å². The van der Waals surface area contributed by atoms with Crippen molar-refractivity contribution in [1.29, 1.82) is 0 Å². The second-order valence-electron chi connectivity index (χ2n) is 4.38. The lowest BCUT2D eigenvalue weighted by molar-refractivity contribution is 0.411. The van der Waals surface area contributed by atoms with Gasteiger partial charge in [-0.15, -0.1) is 0 Å². The van der Waals surface area contributed by atoms with Crippen molar-refractivity contribution in [3.63, 3.8) is 0 Å². The van der Waals surface area contributed by atoms with Crippen LogP contribution in [-0.2, 0) is 13.5 Å². The summed E-state index contributed by atoms with van der Waals surface area (Å²) in [5, 5.41) is 21.7. The van der Waals surface area contributed by atoms with Gasteiger partial charge in [-0.3, -0.25) is 0 Å². The molecule has 0 aliphatic rings. The number of aryl methyl sites for hydroxylation is 2. The molecule has 0 aliphatic carbocycles. The maximum atomic E-state index is 10.1. The average Bonchev–Trinajstić information content (AvgIpc) is 2.73. The molecule has 92 valence electrons. The van der Waals surface area contributed by atoms with Crippen molar-refractivity contribution in [1.82, 2.24) is 9.55 Å². The summed E-state index contributed by atoms with van der Waals surface area (Å²) in [6, 6.07) is 7.42. The fourth-order valence-corrected chi connectivity index (χ4v) is 2.46. The van der Waals surface area contributed by atoms with E-state index in [4.69, 9.17) is 0 Å². The quantitative estimate of drug-likeness (QED) is 0.645. The van der Waals surface area contributed by atoms with Crippen LogP contribution in [0, 0.1) is 0 Å². The molecule has 0 bridgehead atoms. The highest BCUT2D eigenvalue weighted by Crippen LogP contribution is 2.41. The van der Waals surface area contributed by atoms with Crippen molar-refractivity contribution in [2.45, 2.75) is 13.3 Å². The van der Waals surface area contributed by atoms with Gasteiger partial charge in [-0.25, -0.2) is 4.98 Å². The summed E-state index contributed by atoms with van der Waals surface area (Å²) in [5.41, 5.74) is 1.32. The monoisotopic (exact) mass is 242 g/mol. The molecule has 0 aliphatic heterocycles. The summed E-state index contributed by atoms with van der Waals surface area (Å²) in [7, 11) is 1.85. The number of benzene rings is 2. The number of nitrogens with zero attached hydrogens (tertiary/aromatic N) is 2. The second-order valence-corrected chi connectivity index (χ2v) is 4.38. The lowest BCUT2D eigenvalue weighted by Gasteiger charge is -2.06. The first-order chi connectivity index (χ1) is 8.65. The molecule has 3 aromatic rings. The molecule has 4 nitrogen and oxygen atoms in total. The average molecular weight is 242 g/mol. The predicted octanol–water partition coefficient (Wildman–Crippen LogP) is 2.70. The van der Waals surface area contributed by atoms with Crippen LogP contribution in [-0.4, -0.2) is 19.8 Å². The predicted molar refractivity (Wildman–Crippen MR) is 70.9 cm³/mol. The van der Waals surface area contributed by atoms with Crippen LogP contribution >= 0.6 is 0 Å². The number of aromatic hydroxyl groups is 2. The SMILES string of the molecule is CCc1nc2c3ccccc3c(O)c(O)c2n1C. The molecule has 2 aromatic carbocycles. The van der Waals surface area contributed by atoms with Crippen molar-refractivity contribution in [3.8, 4) is 11.5 Å². The molecule has 0 spiro atoms. The number of fused-ring (bicyclic) bond motifs is 3. The molecular formula is C14H14N2O2. The molecule has 3 rings (SSSR count). The van der Waals surface area contributed by atoms with Crippen LogP contribution < -0.4 is 0 Å². The minimum atomic E-state index is -0.0987. The zero-order valence-corrected chi connectivity index (χ0v) is 10.3. The molecule has 2 N–H and O–H groups in total. The van der Waals surface area contributed by atoms with Gasteiger partial charge in [0.05, 0.1) is 0 Å². The van der Waals surface area contributed by atoms with Crippen molar-refractivity contribution in [2.24, 2.45) is 7.05 Å². The molecule has 0 fully saturated rings. The van der Waals surface area contributed by atoms with E-state index in [0.29, 0.717) is 10.9 Å². The van der Waals surface area contributed by atoms with Crippen molar-refractivity contribution in [2.75, 3.05) is 0 Å². The Morgan fingerprint density at radius 2 is 1.78 bits per heavy atom. The lowest BCUT2D eigenvalue weighted by atomic mass is 10.1. The summed E-state index contributed by atoms with van der Waals surface area (Å²) in [6.07, 6.45) is 0.777. The van der Waals surface area contributed by atoms with E-state index in [1.54, 1.807) is 6.07 Å². The normalized spacial score (nSPS) is 11.4. The van der Waals surface area contributed by atoms with Crippen LogP contribution in [0.25, 0.3) is 21.8 Å². The third-order valence-electron chi connectivity index (χ3n) is 3.39. The summed E-state index contributed by atoms with van der Waals surface area (Å²) >= 11 is 0. The molecular weight excluding hydrogens is 228 g/mol. The first-order valence-electron chi connectivity index (χ1n) is 5.93. The second kappa shape index (κ2) is 3.63. The van der Waals surface area contributed by atoms with Crippen molar-refractivity contribution >= 4 is 21.8 Å². The van der Waals surface area contributed by atoms with Gasteiger partial charge in [0.25, 0.3) is 0 Å². The molecule has 1 heterocycles. The van der Waals surface area contributed by atoms with E-state index in [1.165, 1.54) is 0 Å². The summed E-state index contributed by atoms with van der Waals surface area (Å²) in [5.74, 6) is 0.707. The van der Waals surface area contributed by atoms with Crippen molar-refractivity contribution < 1.29 is 10.2 Å². The van der Waals surface area contributed by atoms with Gasteiger partial charge in [-0.2, -0.15) is 0 Å². The molecule has 18 heavy (non-hydrogen) atoms. The van der Waals surface area contributed by atoms with E-state index in [9.17, 15) is 10.2 Å². The Balaban J connectivity index is 2.62. The smallest absolute Gasteiger partial charge is 0.184 e. The first kappa shape index (κ1) is 10.9. The molecule has 0 saturated carbocycles. The third kappa shape index (κ3) is 1.23. The largest absolute Gasteiger partial charge is 0.504 e. The zero-order valence-electron chi connectivity index (χ0n) is 10.3. The number of phenolic OH excluding ortho intramolecular Hbond substituents is 2. The van der Waals surface area contributed by atoms with Gasteiger partial charge >= 0.3 is 0 Å². The van der Waals surface area contributed by atoms with E-state index in [2.05, 4.69) is 4.98 Å². The van der Waals surface area contributed by atoms with E-state index < -0.39 is 0 Å². The Bertz CT molecular complexity index is 759. The van der Waals surface area contributed by atoms with Crippen LogP contribution in [0.1, 0.15) is 12.7 Å². The van der Waals surface area contributed by atoms with Gasteiger partial charge in [0.2, 0.25) is 0 Å². The Hall–Kier alpha value is -2.23. The lowest BCUT2D eigenvalue weighted by Crippen LogP contribution is -1.95. The maximum absolute atomic E-state index is 10.1. The van der Waals surface area contributed by atoms with E-state index in [0.717, 1.165) is 23.1 Å². The van der Waals surface area contributed by atoms with Crippen LogP contribution in [0.2, 0.25) is 0 Å². The van der Waals surface area contributed by atoms with Crippen LogP contribution in [0.15, 0.2) is 24.3 Å². The van der Waals surface area contributed by atoms with Gasteiger partial charge in [-0.05, 0) is 0 Å². The Kier molecular flexibility index (Phi) is 2.20. The Morgan fingerprint density at radius 1 is 1.11 bits per heavy atom. The molecule has 0 radical (unpaired) electrons. The number of hydrogen-bond donors (Lipinski definition) is 2. The summed E-state index contributed by atoms with van der Waals surface area (Å²) in [6.45, 7) is 2.01. The van der Waals surface area contributed by atoms with E-state index >= 15 is 0 Å². The number of aromatic nitrogens is 2. The van der Waals surface area contributed by atoms with Gasteiger partial charge in [-0.1, -0.05) is 31.2 Å². The number of phenols is 2.